The second-order valence-corrected chi connectivity index (χ2v) is 5.07. The number of aromatic nitrogens is 5. The number of hydrazone groups is 1. The number of amides is 1. The van der Waals surface area contributed by atoms with Gasteiger partial charge in [0.2, 0.25) is 11.6 Å². The smallest absolute Gasteiger partial charge is 0.293 e. The number of hydrogen-bond acceptors (Lipinski definition) is 10. The summed E-state index contributed by atoms with van der Waals surface area (Å²) in [7, 11) is 0. The SMILES string of the molecule is CCc1c(C(=O)N/N=C\c2ccc(O)cc2O)nnn1-c1nonc1N. The Morgan fingerprint density at radius 1 is 1.42 bits per heavy atom. The summed E-state index contributed by atoms with van der Waals surface area (Å²) in [4.78, 5) is 12.3. The molecule has 0 saturated carbocycles. The lowest BCUT2D eigenvalue weighted by Gasteiger charge is -2.02. The molecular weight excluding hydrogens is 344 g/mol. The Morgan fingerprint density at radius 2 is 2.23 bits per heavy atom. The van der Waals surface area contributed by atoms with Crippen LogP contribution in [-0.4, -0.2) is 47.6 Å². The second kappa shape index (κ2) is 6.88. The van der Waals surface area contributed by atoms with Crippen LogP contribution in [0.25, 0.3) is 5.82 Å². The number of nitrogens with two attached hydrogens (primary N) is 1. The van der Waals surface area contributed by atoms with Crippen molar-refractivity contribution in [2.75, 3.05) is 5.73 Å². The number of carbonyl (C=O) groups excluding carboxylic acids is 1. The molecule has 0 aliphatic rings. The molecule has 0 aliphatic heterocycles. The molecule has 0 atom stereocenters. The van der Waals surface area contributed by atoms with Crippen LogP contribution in [0.4, 0.5) is 5.82 Å². The lowest BCUT2D eigenvalue weighted by atomic mass is 10.2. The zero-order chi connectivity index (χ0) is 18.7. The van der Waals surface area contributed by atoms with Gasteiger partial charge in [-0.05, 0) is 28.9 Å². The van der Waals surface area contributed by atoms with E-state index in [1.807, 2.05) is 0 Å². The highest BCUT2D eigenvalue weighted by molar-refractivity contribution is 5.94. The van der Waals surface area contributed by atoms with Gasteiger partial charge in [-0.1, -0.05) is 12.1 Å². The summed E-state index contributed by atoms with van der Waals surface area (Å²) in [6, 6.07) is 3.97. The van der Waals surface area contributed by atoms with Crippen molar-refractivity contribution in [1.82, 2.24) is 30.7 Å². The van der Waals surface area contributed by atoms with E-state index in [9.17, 15) is 15.0 Å². The number of phenolic OH excluding ortho intramolecular Hbond substituents is 2. The summed E-state index contributed by atoms with van der Waals surface area (Å²) < 4.78 is 5.78. The summed E-state index contributed by atoms with van der Waals surface area (Å²) in [6.45, 7) is 1.80. The molecule has 1 aromatic carbocycles. The summed E-state index contributed by atoms with van der Waals surface area (Å²) in [5, 5.41) is 37.4. The van der Waals surface area contributed by atoms with E-state index >= 15 is 0 Å². The lowest BCUT2D eigenvalue weighted by Crippen LogP contribution is -2.20. The molecule has 26 heavy (non-hydrogen) atoms. The molecule has 3 rings (SSSR count). The molecule has 0 bridgehead atoms. The maximum atomic E-state index is 12.3. The van der Waals surface area contributed by atoms with Crippen LogP contribution in [0.2, 0.25) is 0 Å². The molecule has 5 N–H and O–H groups in total. The molecule has 0 aliphatic carbocycles. The molecule has 0 fully saturated rings. The molecule has 134 valence electrons. The van der Waals surface area contributed by atoms with Crippen LogP contribution in [0.15, 0.2) is 27.9 Å². The van der Waals surface area contributed by atoms with Crippen LogP contribution in [0.1, 0.15) is 28.7 Å². The number of nitrogens with one attached hydrogen (secondary N) is 1. The van der Waals surface area contributed by atoms with Crippen LogP contribution in [0, 0.1) is 0 Å². The van der Waals surface area contributed by atoms with Gasteiger partial charge in [-0.3, -0.25) is 4.79 Å². The number of aromatic hydroxyl groups is 2. The van der Waals surface area contributed by atoms with Crippen LogP contribution in [0.3, 0.4) is 0 Å². The summed E-state index contributed by atoms with van der Waals surface area (Å²) >= 11 is 0. The Kier molecular flexibility index (Phi) is 4.47. The average Bonchev–Trinajstić information content (AvgIpc) is 3.21. The molecule has 0 saturated heterocycles. The van der Waals surface area contributed by atoms with Crippen LogP contribution in [0.5, 0.6) is 11.5 Å². The predicted octanol–water partition coefficient (Wildman–Crippen LogP) is -0.0300. The fourth-order valence-electron chi connectivity index (χ4n) is 2.16. The molecule has 0 spiro atoms. The van der Waals surface area contributed by atoms with Crippen LogP contribution in [-0.2, 0) is 6.42 Å². The largest absolute Gasteiger partial charge is 0.508 e. The number of nitrogens with zero attached hydrogens (tertiary/aromatic N) is 6. The number of benzene rings is 1. The van der Waals surface area contributed by atoms with Crippen molar-refractivity contribution in [3.05, 3.63) is 35.2 Å². The molecule has 2 heterocycles. The zero-order valence-corrected chi connectivity index (χ0v) is 13.5. The third-order valence-electron chi connectivity index (χ3n) is 3.39. The third-order valence-corrected chi connectivity index (χ3v) is 3.39. The molecule has 0 radical (unpaired) electrons. The van der Waals surface area contributed by atoms with E-state index in [0.717, 1.165) is 6.07 Å². The van der Waals surface area contributed by atoms with Crippen LogP contribution >= 0.6 is 0 Å². The van der Waals surface area contributed by atoms with Gasteiger partial charge in [0.25, 0.3) is 5.91 Å². The van der Waals surface area contributed by atoms with Gasteiger partial charge < -0.3 is 15.9 Å². The summed E-state index contributed by atoms with van der Waals surface area (Å²) in [5.41, 5.74) is 8.69. The minimum atomic E-state index is -0.613. The quantitative estimate of drug-likeness (QED) is 0.360. The van der Waals surface area contributed by atoms with E-state index in [4.69, 9.17) is 5.73 Å². The van der Waals surface area contributed by atoms with E-state index < -0.39 is 5.91 Å². The van der Waals surface area contributed by atoms with Crippen molar-refractivity contribution in [2.24, 2.45) is 5.10 Å². The Bertz CT molecular complexity index is 977. The van der Waals surface area contributed by atoms with Crippen molar-refractivity contribution < 1.29 is 19.6 Å². The molecule has 2 aromatic heterocycles. The highest BCUT2D eigenvalue weighted by Crippen LogP contribution is 2.20. The minimum absolute atomic E-state index is 0.0115. The van der Waals surface area contributed by atoms with E-state index in [0.29, 0.717) is 17.7 Å². The fourth-order valence-corrected chi connectivity index (χ4v) is 2.16. The number of phenols is 2. The third kappa shape index (κ3) is 3.15. The van der Waals surface area contributed by atoms with Crippen molar-refractivity contribution in [1.29, 1.82) is 0 Å². The predicted molar refractivity (Wildman–Crippen MR) is 87.8 cm³/mol. The minimum Gasteiger partial charge on any atom is -0.508 e. The molecule has 12 nitrogen and oxygen atoms in total. The number of nitrogen functional groups attached to an aromatic ring is 1. The van der Waals surface area contributed by atoms with Gasteiger partial charge in [-0.2, -0.15) is 9.78 Å². The highest BCUT2D eigenvalue weighted by Gasteiger charge is 2.22. The van der Waals surface area contributed by atoms with E-state index in [-0.39, 0.29) is 28.8 Å². The number of rotatable bonds is 5. The maximum absolute atomic E-state index is 12.3. The Balaban J connectivity index is 1.79. The average molecular weight is 358 g/mol. The van der Waals surface area contributed by atoms with E-state index in [1.165, 1.54) is 23.0 Å². The van der Waals surface area contributed by atoms with Gasteiger partial charge in [0.15, 0.2) is 5.69 Å². The number of hydrogen-bond donors (Lipinski definition) is 4. The van der Waals surface area contributed by atoms with Crippen molar-refractivity contribution in [3.8, 4) is 17.3 Å². The van der Waals surface area contributed by atoms with Gasteiger partial charge in [-0.25, -0.2) is 10.1 Å². The van der Waals surface area contributed by atoms with Gasteiger partial charge in [0, 0.05) is 11.6 Å². The van der Waals surface area contributed by atoms with Crippen molar-refractivity contribution >= 4 is 17.9 Å². The summed E-state index contributed by atoms with van der Waals surface area (Å²) in [5.74, 6) is -0.743. The molecule has 3 aromatic rings. The van der Waals surface area contributed by atoms with E-state index in [2.05, 4.69) is 35.8 Å². The monoisotopic (exact) mass is 358 g/mol. The van der Waals surface area contributed by atoms with Crippen LogP contribution < -0.4 is 11.2 Å². The Labute approximate surface area is 145 Å². The zero-order valence-electron chi connectivity index (χ0n) is 13.5. The van der Waals surface area contributed by atoms with Gasteiger partial charge >= 0.3 is 0 Å². The van der Waals surface area contributed by atoms with Crippen molar-refractivity contribution in [3.63, 3.8) is 0 Å². The molecule has 0 unspecified atom stereocenters. The number of anilines is 1. The topological polar surface area (TPSA) is 178 Å². The first-order valence-electron chi connectivity index (χ1n) is 7.39. The lowest BCUT2D eigenvalue weighted by molar-refractivity contribution is 0.0949. The summed E-state index contributed by atoms with van der Waals surface area (Å²) in [6.07, 6.45) is 1.63. The van der Waals surface area contributed by atoms with Gasteiger partial charge in [0.05, 0.1) is 11.9 Å². The van der Waals surface area contributed by atoms with Gasteiger partial charge in [-0.15, -0.1) is 5.10 Å². The first kappa shape index (κ1) is 16.9. The fraction of sp³-hybridized carbons (Fsp3) is 0.143. The first-order chi connectivity index (χ1) is 12.5. The maximum Gasteiger partial charge on any atom is 0.293 e. The Hall–Kier alpha value is -3.96. The first-order valence-corrected chi connectivity index (χ1v) is 7.39. The molecule has 12 heteroatoms. The second-order valence-electron chi connectivity index (χ2n) is 5.07. The highest BCUT2D eigenvalue weighted by atomic mass is 16.6. The number of carbonyl (C=O) groups is 1. The molecular formula is C14H14N8O4. The van der Waals surface area contributed by atoms with Crippen molar-refractivity contribution in [2.45, 2.75) is 13.3 Å². The molecule has 1 amide bonds. The van der Waals surface area contributed by atoms with E-state index in [1.54, 1.807) is 6.92 Å². The normalized spacial score (nSPS) is 11.1. The van der Waals surface area contributed by atoms with Gasteiger partial charge in [0.1, 0.15) is 11.5 Å². The Morgan fingerprint density at radius 3 is 2.88 bits per heavy atom. The standard InChI is InChI=1S/C14H14N8O4/c1-2-9-11(17-21-22(9)13-12(15)19-26-20-13)14(25)18-16-6-7-3-4-8(23)5-10(7)24/h3-6,23-24H,2H2,1H3,(H2,15,19)(H,18,25)/b16-6-.